The first-order valence-electron chi connectivity index (χ1n) is 3.01. The summed E-state index contributed by atoms with van der Waals surface area (Å²) in [7, 11) is 0. The minimum atomic E-state index is -4.87. The van der Waals surface area contributed by atoms with Crippen molar-refractivity contribution in [3.63, 3.8) is 0 Å². The lowest BCUT2D eigenvalue weighted by Gasteiger charge is -2.05. The fourth-order valence-electron chi connectivity index (χ4n) is 0.689. The number of aromatic nitrogens is 2. The van der Waals surface area contributed by atoms with Crippen molar-refractivity contribution in [3.05, 3.63) is 23.8 Å². The van der Waals surface area contributed by atoms with Gasteiger partial charge in [-0.1, -0.05) is 0 Å². The van der Waals surface area contributed by atoms with E-state index in [0.29, 0.717) is 0 Å². The second-order valence-electron chi connectivity index (χ2n) is 2.03. The molecular weight excluding hydrogens is 192 g/mol. The van der Waals surface area contributed by atoms with Gasteiger partial charge in [0, 0.05) is 12.4 Å². The highest BCUT2D eigenvalue weighted by Gasteiger charge is 2.38. The van der Waals surface area contributed by atoms with Gasteiger partial charge in [-0.2, -0.15) is 17.6 Å². The molecule has 70 valence electrons. The predicted octanol–water partition coefficient (Wildman–Crippen LogP) is 1.61. The lowest BCUT2D eigenvalue weighted by molar-refractivity contribution is -0.141. The van der Waals surface area contributed by atoms with Crippen molar-refractivity contribution in [3.8, 4) is 0 Å². The van der Waals surface area contributed by atoms with Gasteiger partial charge in [0.2, 0.25) is 0 Å². The van der Waals surface area contributed by atoms with Crippen molar-refractivity contribution in [1.82, 2.24) is 9.97 Å². The van der Waals surface area contributed by atoms with Crippen molar-refractivity contribution in [2.24, 2.45) is 0 Å². The van der Waals surface area contributed by atoms with E-state index in [-0.39, 0.29) is 0 Å². The third-order valence-electron chi connectivity index (χ3n) is 1.15. The number of carbonyl (C=O) groups is 1. The van der Waals surface area contributed by atoms with Crippen molar-refractivity contribution in [2.45, 2.75) is 6.18 Å². The average molecular weight is 194 g/mol. The molecule has 7 heteroatoms. The average Bonchev–Trinajstić information content (AvgIpc) is 2.03. The van der Waals surface area contributed by atoms with Gasteiger partial charge in [-0.05, 0) is 0 Å². The highest BCUT2D eigenvalue weighted by molar-refractivity contribution is 5.87. The first kappa shape index (κ1) is 9.56. The van der Waals surface area contributed by atoms with Crippen LogP contribution in [-0.2, 0) is 6.18 Å². The molecular formula is C6H2F4N2O. The largest absolute Gasteiger partial charge is 0.435 e. The van der Waals surface area contributed by atoms with Crippen LogP contribution in [-0.4, -0.2) is 16.0 Å². The van der Waals surface area contributed by atoms with Gasteiger partial charge in [-0.25, -0.2) is 9.97 Å². The van der Waals surface area contributed by atoms with Crippen molar-refractivity contribution < 1.29 is 22.4 Å². The van der Waals surface area contributed by atoms with E-state index in [1.807, 2.05) is 0 Å². The molecule has 1 aromatic heterocycles. The predicted molar refractivity (Wildman–Crippen MR) is 32.5 cm³/mol. The number of halogens is 4. The van der Waals surface area contributed by atoms with Gasteiger partial charge in [0.05, 0.1) is 0 Å². The third kappa shape index (κ3) is 1.98. The quantitative estimate of drug-likeness (QED) is 0.503. The van der Waals surface area contributed by atoms with E-state index in [9.17, 15) is 22.4 Å². The summed E-state index contributed by atoms with van der Waals surface area (Å²) in [5.41, 5.74) is -2.92. The molecule has 0 spiro atoms. The molecule has 0 aliphatic heterocycles. The van der Waals surface area contributed by atoms with E-state index in [4.69, 9.17) is 0 Å². The van der Waals surface area contributed by atoms with Crippen LogP contribution in [0.5, 0.6) is 0 Å². The number of carbonyl (C=O) groups excluding carboxylic acids is 1. The summed E-state index contributed by atoms with van der Waals surface area (Å²) < 4.78 is 47.9. The molecule has 0 saturated carbocycles. The van der Waals surface area contributed by atoms with Crippen molar-refractivity contribution >= 4 is 6.04 Å². The number of hydrogen-bond acceptors (Lipinski definition) is 3. The van der Waals surface area contributed by atoms with E-state index in [1.165, 1.54) is 0 Å². The summed E-state index contributed by atoms with van der Waals surface area (Å²) in [6, 6.07) is -2.25. The van der Waals surface area contributed by atoms with Gasteiger partial charge in [0.25, 0.3) is 0 Å². The summed E-state index contributed by atoms with van der Waals surface area (Å²) in [6.07, 6.45) is -3.33. The monoisotopic (exact) mass is 194 g/mol. The Bertz CT molecular complexity index is 336. The highest BCUT2D eigenvalue weighted by atomic mass is 19.4. The van der Waals surface area contributed by atoms with Gasteiger partial charge in [-0.15, -0.1) is 0 Å². The van der Waals surface area contributed by atoms with Gasteiger partial charge in [0.1, 0.15) is 0 Å². The first-order valence-corrected chi connectivity index (χ1v) is 3.01. The van der Waals surface area contributed by atoms with Crippen LogP contribution >= 0.6 is 0 Å². The molecule has 0 saturated heterocycles. The van der Waals surface area contributed by atoms with Crippen LogP contribution in [0.2, 0.25) is 0 Å². The SMILES string of the molecule is O=C(F)c1nccnc1C(F)(F)F. The second kappa shape index (κ2) is 3.08. The molecule has 0 aromatic carbocycles. The van der Waals surface area contributed by atoms with Gasteiger partial charge >= 0.3 is 12.2 Å². The molecule has 3 nitrogen and oxygen atoms in total. The fraction of sp³-hybridized carbons (Fsp3) is 0.167. The molecule has 1 aromatic rings. The van der Waals surface area contributed by atoms with Crippen LogP contribution in [0.1, 0.15) is 16.2 Å². The van der Waals surface area contributed by atoms with Crippen LogP contribution in [0, 0.1) is 0 Å². The molecule has 0 aliphatic carbocycles. The third-order valence-corrected chi connectivity index (χ3v) is 1.15. The maximum Gasteiger partial charge on any atom is 0.435 e. The Balaban J connectivity index is 3.28. The van der Waals surface area contributed by atoms with Gasteiger partial charge in [-0.3, -0.25) is 4.79 Å². The smallest absolute Gasteiger partial charge is 0.253 e. The molecule has 0 aliphatic rings. The molecule has 0 N–H and O–H groups in total. The fourth-order valence-corrected chi connectivity index (χ4v) is 0.689. The molecule has 0 unspecified atom stereocenters. The zero-order chi connectivity index (χ0) is 10.1. The first-order chi connectivity index (χ1) is 5.93. The van der Waals surface area contributed by atoms with E-state index in [0.717, 1.165) is 12.4 Å². The zero-order valence-electron chi connectivity index (χ0n) is 5.97. The van der Waals surface area contributed by atoms with Crippen LogP contribution in [0.3, 0.4) is 0 Å². The Morgan fingerprint density at radius 1 is 1.23 bits per heavy atom. The molecule has 0 fully saturated rings. The second-order valence-corrected chi connectivity index (χ2v) is 2.03. The van der Waals surface area contributed by atoms with Crippen LogP contribution < -0.4 is 0 Å². The van der Waals surface area contributed by atoms with Crippen LogP contribution in [0.25, 0.3) is 0 Å². The van der Waals surface area contributed by atoms with E-state index in [1.54, 1.807) is 0 Å². The van der Waals surface area contributed by atoms with Gasteiger partial charge in [0.15, 0.2) is 11.4 Å². The molecule has 0 atom stereocenters. The maximum absolute atomic E-state index is 12.0. The molecule has 1 rings (SSSR count). The van der Waals surface area contributed by atoms with Crippen molar-refractivity contribution in [1.29, 1.82) is 0 Å². The summed E-state index contributed by atoms with van der Waals surface area (Å²) >= 11 is 0. The lowest BCUT2D eigenvalue weighted by Crippen LogP contribution is -2.15. The molecule has 0 bridgehead atoms. The lowest BCUT2D eigenvalue weighted by atomic mass is 10.3. The van der Waals surface area contributed by atoms with Crippen molar-refractivity contribution in [2.75, 3.05) is 0 Å². The number of rotatable bonds is 1. The Hall–Kier alpha value is -1.53. The zero-order valence-corrected chi connectivity index (χ0v) is 5.97. The Labute approximate surface area is 69.4 Å². The van der Waals surface area contributed by atoms with Crippen LogP contribution in [0.4, 0.5) is 17.6 Å². The summed E-state index contributed by atoms with van der Waals surface area (Å²) in [5.74, 6) is 0. The summed E-state index contributed by atoms with van der Waals surface area (Å²) in [6.45, 7) is 0. The number of alkyl halides is 3. The van der Waals surface area contributed by atoms with Crippen LogP contribution in [0.15, 0.2) is 12.4 Å². The Kier molecular flexibility index (Phi) is 2.26. The normalized spacial score (nSPS) is 11.4. The van der Waals surface area contributed by atoms with Gasteiger partial charge < -0.3 is 0 Å². The maximum atomic E-state index is 12.0. The standard InChI is InChI=1S/C6H2F4N2O/c7-5(13)3-4(6(8,9)10)12-2-1-11-3/h1-2H. The number of nitrogens with zero attached hydrogens (tertiary/aromatic N) is 2. The minimum absolute atomic E-state index is 0.731. The van der Waals surface area contributed by atoms with E-state index >= 15 is 0 Å². The summed E-state index contributed by atoms with van der Waals surface area (Å²) in [5, 5.41) is 0. The summed E-state index contributed by atoms with van der Waals surface area (Å²) in [4.78, 5) is 15.8. The topological polar surface area (TPSA) is 42.9 Å². The number of hydrogen-bond donors (Lipinski definition) is 0. The molecule has 1 heterocycles. The van der Waals surface area contributed by atoms with E-state index in [2.05, 4.69) is 9.97 Å². The Morgan fingerprint density at radius 2 is 1.77 bits per heavy atom. The minimum Gasteiger partial charge on any atom is -0.253 e. The Morgan fingerprint density at radius 3 is 2.15 bits per heavy atom. The highest BCUT2D eigenvalue weighted by Crippen LogP contribution is 2.29. The van der Waals surface area contributed by atoms with E-state index < -0.39 is 23.6 Å². The molecule has 0 amide bonds. The molecule has 13 heavy (non-hydrogen) atoms. The molecule has 0 radical (unpaired) electrons.